The third kappa shape index (κ3) is 4.06. The molecular weight excluding hydrogens is 443 g/mol. The number of rotatable bonds is 5. The third-order valence-corrected chi connectivity index (χ3v) is 5.42. The number of amides is 1. The summed E-state index contributed by atoms with van der Waals surface area (Å²) in [5.41, 5.74) is 1.49. The first kappa shape index (κ1) is 22.4. The van der Waals surface area contributed by atoms with Crippen LogP contribution < -0.4 is 5.32 Å². The van der Waals surface area contributed by atoms with E-state index in [1.165, 1.54) is 24.3 Å². The number of fused-ring (bicyclic) bond motifs is 1. The Labute approximate surface area is 185 Å². The van der Waals surface area contributed by atoms with E-state index in [9.17, 15) is 26.7 Å². The molecule has 0 spiro atoms. The number of benzene rings is 3. The van der Waals surface area contributed by atoms with E-state index in [0.717, 1.165) is 12.0 Å². The van der Waals surface area contributed by atoms with Crippen molar-refractivity contribution in [3.8, 4) is 11.5 Å². The summed E-state index contributed by atoms with van der Waals surface area (Å²) in [6.45, 7) is 4.21. The zero-order chi connectivity index (χ0) is 23.9. The molecule has 1 atom stereocenters. The minimum Gasteiger partial charge on any atom is -0.436 e. The molecule has 1 amide bonds. The van der Waals surface area contributed by atoms with Gasteiger partial charge in [0.2, 0.25) is 11.7 Å². The third-order valence-electron chi connectivity index (χ3n) is 5.42. The van der Waals surface area contributed by atoms with Crippen LogP contribution in [0.4, 0.5) is 27.6 Å². The lowest BCUT2D eigenvalue weighted by Gasteiger charge is -2.09. The SMILES string of the molecule is CC[C@@H](C)c1ccc2oc(-c3ccc(NC(=O)c4c(F)c(F)c(F)c(F)c4F)cc3)nc2c1. The van der Waals surface area contributed by atoms with E-state index in [4.69, 9.17) is 4.42 Å². The zero-order valence-electron chi connectivity index (χ0n) is 17.5. The summed E-state index contributed by atoms with van der Waals surface area (Å²) in [6, 6.07) is 11.6. The van der Waals surface area contributed by atoms with Gasteiger partial charge in [0.05, 0.1) is 0 Å². The van der Waals surface area contributed by atoms with Gasteiger partial charge in [0.15, 0.2) is 28.9 Å². The molecule has 4 nitrogen and oxygen atoms in total. The Morgan fingerprint density at radius 2 is 1.55 bits per heavy atom. The number of oxazole rings is 1. The van der Waals surface area contributed by atoms with E-state index in [0.29, 0.717) is 28.5 Å². The van der Waals surface area contributed by atoms with Crippen LogP contribution in [0.2, 0.25) is 0 Å². The maximum absolute atomic E-state index is 13.8. The average Bonchev–Trinajstić information content (AvgIpc) is 3.25. The Morgan fingerprint density at radius 3 is 2.15 bits per heavy atom. The van der Waals surface area contributed by atoms with E-state index in [1.807, 2.05) is 18.2 Å². The van der Waals surface area contributed by atoms with Crippen LogP contribution in [0.1, 0.15) is 42.1 Å². The summed E-state index contributed by atoms with van der Waals surface area (Å²) in [5.74, 6) is -11.9. The largest absolute Gasteiger partial charge is 0.436 e. The summed E-state index contributed by atoms with van der Waals surface area (Å²) in [6.07, 6.45) is 0.981. The summed E-state index contributed by atoms with van der Waals surface area (Å²) < 4.78 is 73.3. The molecule has 1 N–H and O–H groups in total. The zero-order valence-corrected chi connectivity index (χ0v) is 17.5. The van der Waals surface area contributed by atoms with Crippen molar-refractivity contribution in [1.29, 1.82) is 0 Å². The molecule has 4 aromatic rings. The highest BCUT2D eigenvalue weighted by Gasteiger charge is 2.29. The minimum atomic E-state index is -2.33. The predicted octanol–water partition coefficient (Wildman–Crippen LogP) is 6.96. The smallest absolute Gasteiger partial charge is 0.261 e. The molecule has 0 radical (unpaired) electrons. The van der Waals surface area contributed by atoms with Crippen molar-refractivity contribution in [3.63, 3.8) is 0 Å². The fraction of sp³-hybridized carbons (Fsp3) is 0.167. The van der Waals surface area contributed by atoms with Gasteiger partial charge in [-0.05, 0) is 54.3 Å². The van der Waals surface area contributed by atoms with Gasteiger partial charge in [0.25, 0.3) is 5.91 Å². The maximum atomic E-state index is 13.8. The fourth-order valence-electron chi connectivity index (χ4n) is 3.30. The van der Waals surface area contributed by atoms with E-state index >= 15 is 0 Å². The van der Waals surface area contributed by atoms with E-state index < -0.39 is 40.6 Å². The van der Waals surface area contributed by atoms with Gasteiger partial charge >= 0.3 is 0 Å². The predicted molar refractivity (Wildman–Crippen MR) is 112 cm³/mol. The lowest BCUT2D eigenvalue weighted by molar-refractivity contribution is 0.101. The molecule has 0 bridgehead atoms. The van der Waals surface area contributed by atoms with Crippen LogP contribution in [0.3, 0.4) is 0 Å². The monoisotopic (exact) mass is 460 g/mol. The van der Waals surface area contributed by atoms with Crippen molar-refractivity contribution < 1.29 is 31.2 Å². The number of nitrogens with one attached hydrogen (secondary N) is 1. The second-order valence-corrected chi connectivity index (χ2v) is 7.53. The standard InChI is InChI=1S/C24H17F5N2O2/c1-3-11(2)13-6-9-16-15(10-13)31-24(33-16)12-4-7-14(8-5-12)30-23(32)17-18(25)20(27)22(29)21(28)19(17)26/h4-11H,3H2,1-2H3,(H,30,32)/t11-/m1/s1. The van der Waals surface area contributed by atoms with Crippen molar-refractivity contribution in [2.24, 2.45) is 0 Å². The molecule has 0 aliphatic rings. The number of anilines is 1. The second kappa shape index (κ2) is 8.65. The van der Waals surface area contributed by atoms with Gasteiger partial charge in [-0.1, -0.05) is 19.9 Å². The summed E-state index contributed by atoms with van der Waals surface area (Å²) in [4.78, 5) is 16.7. The van der Waals surface area contributed by atoms with Gasteiger partial charge in [-0.15, -0.1) is 0 Å². The highest BCUT2D eigenvalue weighted by Crippen LogP contribution is 2.29. The van der Waals surface area contributed by atoms with Crippen LogP contribution in [-0.4, -0.2) is 10.9 Å². The van der Waals surface area contributed by atoms with Crippen molar-refractivity contribution in [2.75, 3.05) is 5.32 Å². The Balaban J connectivity index is 1.58. The highest BCUT2D eigenvalue weighted by atomic mass is 19.2. The summed E-state index contributed by atoms with van der Waals surface area (Å²) in [5, 5.41) is 2.12. The Kier molecular flexibility index (Phi) is 5.88. The number of hydrogen-bond donors (Lipinski definition) is 1. The summed E-state index contributed by atoms with van der Waals surface area (Å²) in [7, 11) is 0. The molecule has 1 aromatic heterocycles. The number of hydrogen-bond acceptors (Lipinski definition) is 3. The number of carbonyl (C=O) groups excluding carboxylic acids is 1. The molecule has 0 unspecified atom stereocenters. The normalized spacial score (nSPS) is 12.2. The number of carbonyl (C=O) groups is 1. The lowest BCUT2D eigenvalue weighted by Crippen LogP contribution is -2.19. The molecule has 1 heterocycles. The molecule has 4 rings (SSSR count). The van der Waals surface area contributed by atoms with Crippen molar-refractivity contribution in [1.82, 2.24) is 4.98 Å². The van der Waals surface area contributed by atoms with Crippen molar-refractivity contribution in [3.05, 3.63) is 82.7 Å². The molecule has 0 fully saturated rings. The molecule has 170 valence electrons. The van der Waals surface area contributed by atoms with Gasteiger partial charge in [-0.25, -0.2) is 26.9 Å². The average molecular weight is 460 g/mol. The van der Waals surface area contributed by atoms with E-state index in [2.05, 4.69) is 24.1 Å². The molecule has 9 heteroatoms. The van der Waals surface area contributed by atoms with Crippen LogP contribution in [0.5, 0.6) is 0 Å². The molecule has 3 aromatic carbocycles. The van der Waals surface area contributed by atoms with Crippen LogP contribution in [-0.2, 0) is 0 Å². The van der Waals surface area contributed by atoms with Gasteiger partial charge in [-0.2, -0.15) is 0 Å². The Hall–Kier alpha value is -3.75. The fourth-order valence-corrected chi connectivity index (χ4v) is 3.30. The first-order chi connectivity index (χ1) is 15.7. The van der Waals surface area contributed by atoms with Crippen LogP contribution in [0.15, 0.2) is 46.9 Å². The number of nitrogens with zero attached hydrogens (tertiary/aromatic N) is 1. The molecule has 0 aliphatic heterocycles. The highest BCUT2D eigenvalue weighted by molar-refractivity contribution is 6.04. The van der Waals surface area contributed by atoms with Gasteiger partial charge < -0.3 is 9.73 Å². The maximum Gasteiger partial charge on any atom is 0.261 e. The second-order valence-electron chi connectivity index (χ2n) is 7.53. The van der Waals surface area contributed by atoms with Crippen LogP contribution in [0, 0.1) is 29.1 Å². The van der Waals surface area contributed by atoms with Gasteiger partial charge in [0, 0.05) is 11.3 Å². The summed E-state index contributed by atoms with van der Waals surface area (Å²) >= 11 is 0. The van der Waals surface area contributed by atoms with Crippen molar-refractivity contribution >= 4 is 22.7 Å². The molecule has 0 saturated heterocycles. The molecule has 0 aliphatic carbocycles. The molecule has 0 saturated carbocycles. The van der Waals surface area contributed by atoms with Crippen LogP contribution in [0.25, 0.3) is 22.6 Å². The first-order valence-corrected chi connectivity index (χ1v) is 10.0. The van der Waals surface area contributed by atoms with Crippen molar-refractivity contribution in [2.45, 2.75) is 26.2 Å². The van der Waals surface area contributed by atoms with E-state index in [-0.39, 0.29) is 5.69 Å². The van der Waals surface area contributed by atoms with Gasteiger partial charge in [-0.3, -0.25) is 4.79 Å². The molecular formula is C24H17F5N2O2. The van der Waals surface area contributed by atoms with Crippen LogP contribution >= 0.6 is 0 Å². The molecule has 33 heavy (non-hydrogen) atoms. The lowest BCUT2D eigenvalue weighted by atomic mass is 9.98. The first-order valence-electron chi connectivity index (χ1n) is 10.0. The quantitative estimate of drug-likeness (QED) is 0.199. The topological polar surface area (TPSA) is 55.1 Å². The van der Waals surface area contributed by atoms with Gasteiger partial charge in [0.1, 0.15) is 11.1 Å². The minimum absolute atomic E-state index is 0.0721. The number of aromatic nitrogens is 1. The Bertz CT molecular complexity index is 1340. The van der Waals surface area contributed by atoms with E-state index in [1.54, 1.807) is 0 Å². The number of halogens is 5. The Morgan fingerprint density at radius 1 is 0.939 bits per heavy atom.